The van der Waals surface area contributed by atoms with E-state index in [0.717, 1.165) is 19.3 Å². The summed E-state index contributed by atoms with van der Waals surface area (Å²) in [5.74, 6) is -0.786. The quantitative estimate of drug-likeness (QED) is 0.384. The number of terminal acetylenes is 1. The van der Waals surface area contributed by atoms with Crippen LogP contribution < -0.4 is 0 Å². The molecule has 2 atom stereocenters. The smallest absolute Gasteiger partial charge is 0.331 e. The summed E-state index contributed by atoms with van der Waals surface area (Å²) in [6, 6.07) is 4.27. The Kier molecular flexibility index (Phi) is 7.57. The number of benzene rings is 1. The van der Waals surface area contributed by atoms with Crippen molar-refractivity contribution in [2.75, 3.05) is 0 Å². The van der Waals surface area contributed by atoms with Crippen LogP contribution in [-0.2, 0) is 14.3 Å². The van der Waals surface area contributed by atoms with Crippen LogP contribution in [0.2, 0.25) is 0 Å². The summed E-state index contributed by atoms with van der Waals surface area (Å²) in [6.07, 6.45) is 13.7. The van der Waals surface area contributed by atoms with E-state index in [-0.39, 0.29) is 29.3 Å². The van der Waals surface area contributed by atoms with Crippen LogP contribution in [0.1, 0.15) is 38.2 Å². The molecule has 0 amide bonds. The maximum absolute atomic E-state index is 11.8. The van der Waals surface area contributed by atoms with Crippen molar-refractivity contribution in [1.82, 2.24) is 0 Å². The molecule has 1 saturated carbocycles. The minimum Gasteiger partial charge on any atom is -0.504 e. The van der Waals surface area contributed by atoms with Crippen LogP contribution in [-0.4, -0.2) is 28.1 Å². The summed E-state index contributed by atoms with van der Waals surface area (Å²) in [4.78, 5) is 23.2. The van der Waals surface area contributed by atoms with Crippen LogP contribution >= 0.6 is 0 Å². The predicted octanol–water partition coefficient (Wildman–Crippen LogP) is 3.05. The minimum absolute atomic E-state index is 0.00965. The monoisotopic (exact) mass is 330 g/mol. The molecule has 0 spiro atoms. The van der Waals surface area contributed by atoms with Crippen molar-refractivity contribution >= 4 is 17.8 Å². The normalized spacial score (nSPS) is 20.0. The van der Waals surface area contributed by atoms with Crippen molar-refractivity contribution in [2.24, 2.45) is 5.92 Å². The summed E-state index contributed by atoms with van der Waals surface area (Å²) in [6.45, 7) is 1.58. The molecule has 0 aliphatic heterocycles. The molecule has 1 aromatic rings. The lowest BCUT2D eigenvalue weighted by molar-refractivity contribution is -0.146. The third-order valence-corrected chi connectivity index (χ3v) is 3.90. The van der Waals surface area contributed by atoms with Crippen LogP contribution in [0.4, 0.5) is 0 Å². The Balaban J connectivity index is 0.00000139. The van der Waals surface area contributed by atoms with Crippen LogP contribution in [0.25, 0.3) is 6.08 Å². The van der Waals surface area contributed by atoms with Crippen LogP contribution in [0.15, 0.2) is 24.3 Å². The summed E-state index contributed by atoms with van der Waals surface area (Å²) in [5, 5.41) is 18.6. The van der Waals surface area contributed by atoms with Crippen molar-refractivity contribution in [3.63, 3.8) is 0 Å². The van der Waals surface area contributed by atoms with Gasteiger partial charge in [-0.1, -0.05) is 6.07 Å². The average molecular weight is 330 g/mol. The molecule has 2 rings (SSSR count). The van der Waals surface area contributed by atoms with Crippen molar-refractivity contribution in [3.05, 3.63) is 29.8 Å². The molecule has 0 heterocycles. The second kappa shape index (κ2) is 9.41. The number of phenolic OH excluding ortho intramolecular Hbond substituents is 2. The zero-order valence-electron chi connectivity index (χ0n) is 13.6. The second-order valence-electron chi connectivity index (χ2n) is 5.61. The molecule has 1 fully saturated rings. The molecule has 24 heavy (non-hydrogen) atoms. The van der Waals surface area contributed by atoms with Gasteiger partial charge in [0.2, 0.25) is 0 Å². The van der Waals surface area contributed by atoms with E-state index in [9.17, 15) is 19.8 Å². The van der Waals surface area contributed by atoms with Gasteiger partial charge in [0.05, 0.1) is 0 Å². The van der Waals surface area contributed by atoms with E-state index < -0.39 is 5.97 Å². The van der Waals surface area contributed by atoms with Gasteiger partial charge in [-0.05, 0) is 56.4 Å². The molecule has 0 radical (unpaired) electrons. The number of carbonyl (C=O) groups excluding carboxylic acids is 2. The number of aromatic hydroxyl groups is 2. The zero-order chi connectivity index (χ0) is 18.1. The van der Waals surface area contributed by atoms with Crippen LogP contribution in [0.3, 0.4) is 0 Å². The molecule has 0 aromatic heterocycles. The molecular weight excluding hydrogens is 308 g/mol. The fourth-order valence-electron chi connectivity index (χ4n) is 2.63. The minimum atomic E-state index is -0.471. The number of hydrogen-bond donors (Lipinski definition) is 2. The van der Waals surface area contributed by atoms with E-state index >= 15 is 0 Å². The lowest BCUT2D eigenvalue weighted by Gasteiger charge is -2.26. The van der Waals surface area contributed by atoms with Crippen molar-refractivity contribution in [2.45, 2.75) is 38.7 Å². The van der Waals surface area contributed by atoms with E-state index in [0.29, 0.717) is 12.0 Å². The van der Waals surface area contributed by atoms with E-state index in [4.69, 9.17) is 4.74 Å². The second-order valence-corrected chi connectivity index (χ2v) is 5.61. The topological polar surface area (TPSA) is 83.8 Å². The van der Waals surface area contributed by atoms with Crippen molar-refractivity contribution in [3.8, 4) is 24.3 Å². The first-order valence-corrected chi connectivity index (χ1v) is 7.70. The SMILES string of the molecule is C#C.CC(=O)C1CCC[C@H](OC(=O)/C=C\c2ccc(O)c(O)c2)C1. The fraction of sp³-hybridized carbons (Fsp3) is 0.368. The zero-order valence-corrected chi connectivity index (χ0v) is 13.6. The maximum Gasteiger partial charge on any atom is 0.331 e. The van der Waals surface area contributed by atoms with Gasteiger partial charge in [-0.25, -0.2) is 4.79 Å². The van der Waals surface area contributed by atoms with Gasteiger partial charge < -0.3 is 14.9 Å². The van der Waals surface area contributed by atoms with Crippen molar-refractivity contribution in [1.29, 1.82) is 0 Å². The number of esters is 1. The molecule has 5 nitrogen and oxygen atoms in total. The summed E-state index contributed by atoms with van der Waals surface area (Å²) >= 11 is 0. The first-order chi connectivity index (χ1) is 11.5. The van der Waals surface area contributed by atoms with Crippen molar-refractivity contribution < 1.29 is 24.5 Å². The lowest BCUT2D eigenvalue weighted by Crippen LogP contribution is -2.28. The highest BCUT2D eigenvalue weighted by atomic mass is 16.5. The summed E-state index contributed by atoms with van der Waals surface area (Å²) in [5.41, 5.74) is 0.581. The molecule has 1 aliphatic carbocycles. The molecule has 5 heteroatoms. The summed E-state index contributed by atoms with van der Waals surface area (Å²) in [7, 11) is 0. The number of phenols is 2. The Labute approximate surface area is 142 Å². The van der Waals surface area contributed by atoms with E-state index in [1.54, 1.807) is 13.0 Å². The Morgan fingerprint density at radius 1 is 1.21 bits per heavy atom. The van der Waals surface area contributed by atoms with Gasteiger partial charge in [-0.2, -0.15) is 0 Å². The predicted molar refractivity (Wildman–Crippen MR) is 91.2 cm³/mol. The lowest BCUT2D eigenvalue weighted by atomic mass is 9.85. The largest absolute Gasteiger partial charge is 0.504 e. The van der Waals surface area contributed by atoms with E-state index in [1.807, 2.05) is 0 Å². The van der Waals surface area contributed by atoms with Gasteiger partial charge in [-0.3, -0.25) is 4.79 Å². The van der Waals surface area contributed by atoms with Gasteiger partial charge >= 0.3 is 5.97 Å². The van der Waals surface area contributed by atoms with Crippen LogP contribution in [0, 0.1) is 18.8 Å². The van der Waals surface area contributed by atoms with Gasteiger partial charge in [0, 0.05) is 12.0 Å². The number of carbonyl (C=O) groups is 2. The molecule has 128 valence electrons. The highest BCUT2D eigenvalue weighted by Gasteiger charge is 2.26. The Morgan fingerprint density at radius 3 is 2.54 bits per heavy atom. The molecular formula is C19H22O5. The fourth-order valence-corrected chi connectivity index (χ4v) is 2.63. The number of Topliss-reactive ketones (excluding diaryl/α,β-unsaturated/α-hetero) is 1. The highest BCUT2D eigenvalue weighted by molar-refractivity contribution is 5.87. The Bertz CT molecular complexity index is 630. The highest BCUT2D eigenvalue weighted by Crippen LogP contribution is 2.27. The third kappa shape index (κ3) is 5.81. The average Bonchev–Trinajstić information content (AvgIpc) is 2.58. The number of ether oxygens (including phenoxy) is 1. The van der Waals surface area contributed by atoms with Gasteiger partial charge in [0.25, 0.3) is 0 Å². The number of rotatable bonds is 4. The van der Waals surface area contributed by atoms with Gasteiger partial charge in [0.15, 0.2) is 11.5 Å². The molecule has 0 saturated heterocycles. The first kappa shape index (κ1) is 19.3. The number of ketones is 1. The van der Waals surface area contributed by atoms with Crippen LogP contribution in [0.5, 0.6) is 11.5 Å². The maximum atomic E-state index is 11.8. The molecule has 1 aromatic carbocycles. The van der Waals surface area contributed by atoms with Gasteiger partial charge in [0.1, 0.15) is 11.9 Å². The standard InChI is InChI=1S/C17H20O5.C2H2/c1-11(18)13-3-2-4-14(10-13)22-17(21)8-6-12-5-7-15(19)16(20)9-12;1-2/h5-9,13-14,19-20H,2-4,10H2,1H3;1-2H/b8-6-;/t13?,14-;/m0./s1. The third-order valence-electron chi connectivity index (χ3n) is 3.90. The van der Waals surface area contributed by atoms with E-state index in [2.05, 4.69) is 12.8 Å². The molecule has 2 N–H and O–H groups in total. The Hall–Kier alpha value is -2.74. The molecule has 0 bridgehead atoms. The first-order valence-electron chi connectivity index (χ1n) is 7.70. The molecule has 1 unspecified atom stereocenters. The van der Waals surface area contributed by atoms with Gasteiger partial charge in [-0.15, -0.1) is 12.8 Å². The molecule has 1 aliphatic rings. The Morgan fingerprint density at radius 2 is 1.92 bits per heavy atom. The summed E-state index contributed by atoms with van der Waals surface area (Å²) < 4.78 is 5.36. The van der Waals surface area contributed by atoms with E-state index in [1.165, 1.54) is 24.3 Å². The number of hydrogen-bond acceptors (Lipinski definition) is 5.